The second kappa shape index (κ2) is 15.4. The topological polar surface area (TPSA) is 77.8 Å². The Labute approximate surface area is 290 Å². The van der Waals surface area contributed by atoms with E-state index in [1.54, 1.807) is 0 Å². The molecule has 5 rings (SSSR count). The Hall–Kier alpha value is -3.81. The highest BCUT2D eigenvalue weighted by Crippen LogP contribution is 2.43. The van der Waals surface area contributed by atoms with Crippen LogP contribution in [0.3, 0.4) is 0 Å². The molecule has 0 radical (unpaired) electrons. The molecule has 0 amide bonds. The molecule has 1 aromatic heterocycles. The molecule has 0 aliphatic rings. The molecule has 0 saturated carbocycles. The van der Waals surface area contributed by atoms with Gasteiger partial charge in [0.05, 0.1) is 6.10 Å². The van der Waals surface area contributed by atoms with E-state index in [0.717, 1.165) is 38.1 Å². The first kappa shape index (κ1) is 36.5. The van der Waals surface area contributed by atoms with Crippen molar-refractivity contribution in [1.82, 2.24) is 4.57 Å². The maximum atomic E-state index is 14.0. The first-order chi connectivity index (χ1) is 23.4. The number of fused-ring (bicyclic) bond motifs is 1. The summed E-state index contributed by atoms with van der Waals surface area (Å²) in [7, 11) is -4.94. The zero-order valence-electron chi connectivity index (χ0n) is 29.2. The van der Waals surface area contributed by atoms with E-state index < -0.39 is 39.1 Å². The average molecular weight is 700 g/mol. The van der Waals surface area contributed by atoms with Gasteiger partial charge in [0.25, 0.3) is 8.32 Å². The van der Waals surface area contributed by atoms with Crippen LogP contribution in [0, 0.1) is 5.82 Å². The number of rotatable bonds is 14. The third kappa shape index (κ3) is 7.39. The monoisotopic (exact) mass is 699 g/mol. The Kier molecular flexibility index (Phi) is 11.5. The summed E-state index contributed by atoms with van der Waals surface area (Å²) >= 11 is 0. The first-order valence-corrected chi connectivity index (χ1v) is 20.2. The van der Waals surface area contributed by atoms with E-state index in [0.29, 0.717) is 19.3 Å². The van der Waals surface area contributed by atoms with Crippen molar-refractivity contribution in [3.05, 3.63) is 121 Å². The van der Waals surface area contributed by atoms with Crippen LogP contribution in [0.25, 0.3) is 22.0 Å². The van der Waals surface area contributed by atoms with Crippen molar-refractivity contribution >= 4 is 43.6 Å². The molecular weight excluding hydrogens is 652 g/mol. The number of carbonyl (C=O) groups is 1. The summed E-state index contributed by atoms with van der Waals surface area (Å²) < 4.78 is 42.5. The Morgan fingerprint density at radius 2 is 1.43 bits per heavy atom. The predicted molar refractivity (Wildman–Crippen MR) is 201 cm³/mol. The van der Waals surface area contributed by atoms with Crippen LogP contribution in [0.4, 0.5) is 4.39 Å². The summed E-state index contributed by atoms with van der Waals surface area (Å²) in [4.78, 5) is 13.0. The number of nitrogens with zero attached hydrogens (tertiary/aromatic N) is 1. The maximum Gasteiger partial charge on any atom is 0.318 e. The lowest BCUT2D eigenvalue weighted by Crippen LogP contribution is -2.68. The molecule has 49 heavy (non-hydrogen) atoms. The molecule has 0 spiro atoms. The van der Waals surface area contributed by atoms with E-state index >= 15 is 0 Å². The van der Waals surface area contributed by atoms with Crippen molar-refractivity contribution in [1.29, 1.82) is 0 Å². The van der Waals surface area contributed by atoms with Crippen molar-refractivity contribution in [3.63, 3.8) is 0 Å². The fourth-order valence-corrected chi connectivity index (χ4v) is 13.2. The van der Waals surface area contributed by atoms with Crippen LogP contribution in [0.1, 0.15) is 59.2 Å². The van der Waals surface area contributed by atoms with Crippen molar-refractivity contribution in [2.45, 2.75) is 76.7 Å². The number of carboxylic acids is 1. The lowest BCUT2D eigenvalue weighted by Gasteiger charge is -2.46. The number of halogens is 1. The quantitative estimate of drug-likeness (QED) is 0.0926. The summed E-state index contributed by atoms with van der Waals surface area (Å²) in [6.07, 6.45) is 0.591. The highest BCUT2D eigenvalue weighted by Gasteiger charge is 2.53. The third-order valence-electron chi connectivity index (χ3n) is 9.40. The molecule has 0 aliphatic carbocycles. The second-order valence-electron chi connectivity index (χ2n) is 13.9. The standard InChI is InChI=1S/C40H47FNO5PSi/c1-28(2)42-34-21-14-13-20-33(34)37(29-24-26-30(41)27-25-29)35(42)22-15-23-36(38(39(43)44)48(45)46-6)47-49(40(3,4)5,31-16-9-7-10-17-31)32-18-11-8-12-19-32/h7-14,16-21,24-28,36,38,48H,15,22-23H2,1-6H3,(H,43,44)/t36?,38-/m0/s1. The van der Waals surface area contributed by atoms with E-state index in [9.17, 15) is 18.9 Å². The van der Waals surface area contributed by atoms with E-state index in [-0.39, 0.29) is 11.9 Å². The number of aliphatic carboxylic acids is 1. The van der Waals surface area contributed by atoms with E-state index in [1.807, 2.05) is 60.7 Å². The van der Waals surface area contributed by atoms with Gasteiger partial charge in [0.1, 0.15) is 5.82 Å². The minimum atomic E-state index is -3.22. The number of hydrogen-bond acceptors (Lipinski definition) is 4. The van der Waals surface area contributed by atoms with Crippen LogP contribution in [0.5, 0.6) is 0 Å². The van der Waals surface area contributed by atoms with Crippen LogP contribution in [-0.4, -0.2) is 42.8 Å². The molecule has 0 aliphatic heterocycles. The lowest BCUT2D eigenvalue weighted by atomic mass is 9.98. The summed E-state index contributed by atoms with van der Waals surface area (Å²) in [5.74, 6) is -1.49. The molecular formula is C40H47FNO5PSi. The molecule has 1 N–H and O–H groups in total. The van der Waals surface area contributed by atoms with E-state index in [1.165, 1.54) is 19.2 Å². The van der Waals surface area contributed by atoms with Gasteiger partial charge in [0, 0.05) is 35.3 Å². The minimum absolute atomic E-state index is 0.134. The molecule has 3 atom stereocenters. The number of benzene rings is 4. The van der Waals surface area contributed by atoms with E-state index in [2.05, 4.69) is 75.6 Å². The molecule has 0 fully saturated rings. The number of aromatic nitrogens is 1. The highest BCUT2D eigenvalue weighted by molar-refractivity contribution is 7.41. The summed E-state index contributed by atoms with van der Waals surface area (Å²) in [6.45, 7) is 10.7. The zero-order chi connectivity index (χ0) is 35.3. The van der Waals surface area contributed by atoms with Gasteiger partial charge in [-0.25, -0.2) is 4.39 Å². The SMILES string of the molecule is CO[PH](=O)[C@H](C(=O)O)C(CCCc1c(-c2ccc(F)cc2)c2ccccc2n1C(C)C)O[Si](c1ccccc1)(c1ccccc1)C(C)(C)C. The van der Waals surface area contributed by atoms with Crippen molar-refractivity contribution in [2.75, 3.05) is 7.11 Å². The van der Waals surface area contributed by atoms with Gasteiger partial charge in [-0.3, -0.25) is 9.36 Å². The fourth-order valence-electron chi connectivity index (χ4n) is 7.31. The summed E-state index contributed by atoms with van der Waals surface area (Å²) in [5.41, 5.74) is 2.77. The number of carboxylic acid groups (broad SMARTS) is 1. The van der Waals surface area contributed by atoms with Gasteiger partial charge in [-0.05, 0) is 72.3 Å². The summed E-state index contributed by atoms with van der Waals surface area (Å²) in [6, 6.07) is 35.1. The molecule has 5 aromatic rings. The van der Waals surface area contributed by atoms with Gasteiger partial charge >= 0.3 is 5.97 Å². The normalized spacial score (nSPS) is 14.2. The predicted octanol–water partition coefficient (Wildman–Crippen LogP) is 8.87. The molecule has 0 bridgehead atoms. The second-order valence-corrected chi connectivity index (χ2v) is 19.8. The Bertz CT molecular complexity index is 1850. The zero-order valence-corrected chi connectivity index (χ0v) is 31.2. The smallest absolute Gasteiger partial charge is 0.318 e. The van der Waals surface area contributed by atoms with Crippen LogP contribution >= 0.6 is 8.03 Å². The van der Waals surface area contributed by atoms with E-state index in [4.69, 9.17) is 8.95 Å². The number of para-hydroxylation sites is 1. The summed E-state index contributed by atoms with van der Waals surface area (Å²) in [5, 5.41) is 13.3. The average Bonchev–Trinajstić information content (AvgIpc) is 3.41. The van der Waals surface area contributed by atoms with Gasteiger partial charge < -0.3 is 18.6 Å². The number of hydrogen-bond donors (Lipinski definition) is 1. The van der Waals surface area contributed by atoms with Crippen LogP contribution in [0.2, 0.25) is 5.04 Å². The highest BCUT2D eigenvalue weighted by atomic mass is 31.1. The molecule has 2 unspecified atom stereocenters. The van der Waals surface area contributed by atoms with Crippen LogP contribution < -0.4 is 10.4 Å². The molecule has 6 nitrogen and oxygen atoms in total. The van der Waals surface area contributed by atoms with Gasteiger partial charge in [0.2, 0.25) is 8.03 Å². The van der Waals surface area contributed by atoms with Crippen LogP contribution in [-0.2, 0) is 24.7 Å². The lowest BCUT2D eigenvalue weighted by molar-refractivity contribution is -0.138. The maximum absolute atomic E-state index is 14.0. The molecule has 1 heterocycles. The van der Waals surface area contributed by atoms with Gasteiger partial charge in [-0.2, -0.15) is 0 Å². The van der Waals surface area contributed by atoms with Gasteiger partial charge in [0.15, 0.2) is 5.66 Å². The molecule has 258 valence electrons. The molecule has 0 saturated heterocycles. The van der Waals surface area contributed by atoms with Gasteiger partial charge in [-0.15, -0.1) is 0 Å². The Balaban J connectivity index is 1.62. The largest absolute Gasteiger partial charge is 0.481 e. The molecule has 9 heteroatoms. The first-order valence-electron chi connectivity index (χ1n) is 16.9. The van der Waals surface area contributed by atoms with Crippen LogP contribution in [0.15, 0.2) is 109 Å². The van der Waals surface area contributed by atoms with Gasteiger partial charge in [-0.1, -0.05) is 112 Å². The van der Waals surface area contributed by atoms with Crippen molar-refractivity contribution in [3.8, 4) is 11.1 Å². The third-order valence-corrected chi connectivity index (χ3v) is 16.0. The van der Waals surface area contributed by atoms with Crippen molar-refractivity contribution in [2.24, 2.45) is 0 Å². The Morgan fingerprint density at radius 1 is 0.878 bits per heavy atom. The minimum Gasteiger partial charge on any atom is -0.481 e. The molecule has 4 aromatic carbocycles. The van der Waals surface area contributed by atoms with Crippen molar-refractivity contribution < 1.29 is 27.8 Å². The Morgan fingerprint density at radius 3 is 1.94 bits per heavy atom. The fraction of sp³-hybridized carbons (Fsp3) is 0.325.